The number of fused-ring (bicyclic) bond motifs is 1. The van der Waals surface area contributed by atoms with E-state index in [1.807, 2.05) is 24.3 Å². The Kier molecular flexibility index (Phi) is 5.18. The van der Waals surface area contributed by atoms with E-state index in [0.29, 0.717) is 28.8 Å². The summed E-state index contributed by atoms with van der Waals surface area (Å²) in [6.45, 7) is 0.968. The molecular formula is C17H16BrN3O4. The van der Waals surface area contributed by atoms with Gasteiger partial charge in [-0.1, -0.05) is 24.3 Å². The van der Waals surface area contributed by atoms with Crippen LogP contribution in [-0.2, 0) is 22.6 Å². The lowest BCUT2D eigenvalue weighted by Crippen LogP contribution is -2.28. The average Bonchev–Trinajstić information content (AvgIpc) is 3.05. The number of nitrogens with one attached hydrogen (secondary N) is 1. The zero-order valence-electron chi connectivity index (χ0n) is 13.5. The highest BCUT2D eigenvalue weighted by Crippen LogP contribution is 2.25. The molecule has 0 bridgehead atoms. The molecule has 7 nitrogen and oxygen atoms in total. The first kappa shape index (κ1) is 17.2. The van der Waals surface area contributed by atoms with Gasteiger partial charge >= 0.3 is 12.1 Å². The normalized spacial score (nSPS) is 12.5. The van der Waals surface area contributed by atoms with Crippen molar-refractivity contribution < 1.29 is 19.1 Å². The molecule has 2 aromatic rings. The average molecular weight is 406 g/mol. The Morgan fingerprint density at radius 3 is 2.56 bits per heavy atom. The van der Waals surface area contributed by atoms with Crippen molar-refractivity contribution in [2.24, 2.45) is 0 Å². The first-order chi connectivity index (χ1) is 12.1. The van der Waals surface area contributed by atoms with E-state index in [0.717, 1.165) is 11.1 Å². The van der Waals surface area contributed by atoms with Crippen molar-refractivity contribution in [1.29, 1.82) is 0 Å². The third-order valence-electron chi connectivity index (χ3n) is 3.85. The summed E-state index contributed by atoms with van der Waals surface area (Å²) in [5.74, 6) is -0.516. The number of benzene rings is 1. The van der Waals surface area contributed by atoms with Crippen molar-refractivity contribution in [3.8, 4) is 0 Å². The molecule has 1 aromatic carbocycles. The Morgan fingerprint density at radius 2 is 1.92 bits per heavy atom. The van der Waals surface area contributed by atoms with Crippen molar-refractivity contribution in [2.75, 3.05) is 19.2 Å². The van der Waals surface area contributed by atoms with E-state index in [4.69, 9.17) is 9.47 Å². The SMILES string of the molecule is COC(=O)c1c(Br)cncc1NCOC(=O)N1Cc2ccccc2C1. The van der Waals surface area contributed by atoms with Gasteiger partial charge in [0.2, 0.25) is 0 Å². The van der Waals surface area contributed by atoms with Crippen LogP contribution in [0.5, 0.6) is 0 Å². The molecule has 0 aliphatic carbocycles. The number of aromatic nitrogens is 1. The number of amides is 1. The highest BCUT2D eigenvalue weighted by molar-refractivity contribution is 9.10. The number of esters is 1. The molecule has 1 aliphatic heterocycles. The van der Waals surface area contributed by atoms with E-state index in [9.17, 15) is 9.59 Å². The van der Waals surface area contributed by atoms with Crippen LogP contribution in [0.3, 0.4) is 0 Å². The molecule has 0 fully saturated rings. The summed E-state index contributed by atoms with van der Waals surface area (Å²) in [5, 5.41) is 2.88. The Labute approximate surface area is 153 Å². The second-order valence-corrected chi connectivity index (χ2v) is 6.25. The van der Waals surface area contributed by atoms with Crippen molar-refractivity contribution in [3.63, 3.8) is 0 Å². The first-order valence-corrected chi connectivity index (χ1v) is 8.33. The maximum Gasteiger partial charge on any atom is 0.412 e. The largest absolute Gasteiger partial charge is 0.465 e. The molecule has 1 amide bonds. The number of ether oxygens (including phenoxy) is 2. The van der Waals surface area contributed by atoms with Crippen molar-refractivity contribution in [2.45, 2.75) is 13.1 Å². The number of carbonyl (C=O) groups excluding carboxylic acids is 2. The lowest BCUT2D eigenvalue weighted by Gasteiger charge is -2.16. The van der Waals surface area contributed by atoms with E-state index < -0.39 is 12.1 Å². The fourth-order valence-corrected chi connectivity index (χ4v) is 3.10. The summed E-state index contributed by atoms with van der Waals surface area (Å²) in [4.78, 5) is 29.7. The van der Waals surface area contributed by atoms with E-state index >= 15 is 0 Å². The van der Waals surface area contributed by atoms with Crippen LogP contribution in [0.15, 0.2) is 41.1 Å². The highest BCUT2D eigenvalue weighted by atomic mass is 79.9. The summed E-state index contributed by atoms with van der Waals surface area (Å²) in [5.41, 5.74) is 2.95. The highest BCUT2D eigenvalue weighted by Gasteiger charge is 2.24. The molecule has 1 aromatic heterocycles. The third-order valence-corrected chi connectivity index (χ3v) is 4.45. The maximum absolute atomic E-state index is 12.2. The van der Waals surface area contributed by atoms with Gasteiger partial charge in [-0.3, -0.25) is 9.88 Å². The third kappa shape index (κ3) is 3.74. The van der Waals surface area contributed by atoms with E-state index in [-0.39, 0.29) is 6.73 Å². The van der Waals surface area contributed by atoms with Gasteiger partial charge in [0.15, 0.2) is 6.73 Å². The van der Waals surface area contributed by atoms with Gasteiger partial charge in [0, 0.05) is 19.3 Å². The van der Waals surface area contributed by atoms with Crippen LogP contribution in [0, 0.1) is 0 Å². The fourth-order valence-electron chi connectivity index (χ4n) is 2.61. The van der Waals surface area contributed by atoms with E-state index in [1.54, 1.807) is 4.90 Å². The number of pyridine rings is 1. The van der Waals surface area contributed by atoms with E-state index in [2.05, 4.69) is 26.2 Å². The second kappa shape index (κ2) is 7.52. The summed E-state index contributed by atoms with van der Waals surface area (Å²) in [6, 6.07) is 7.89. The number of nitrogens with zero attached hydrogens (tertiary/aromatic N) is 2. The summed E-state index contributed by atoms with van der Waals surface area (Å²) in [6.07, 6.45) is 2.54. The van der Waals surface area contributed by atoms with Gasteiger partial charge in [0.05, 0.1) is 23.5 Å². The molecule has 0 unspecified atom stereocenters. The number of halogens is 1. The van der Waals surface area contributed by atoms with Gasteiger partial charge in [-0.15, -0.1) is 0 Å². The van der Waals surface area contributed by atoms with Crippen molar-refractivity contribution in [1.82, 2.24) is 9.88 Å². The topological polar surface area (TPSA) is 80.8 Å². The molecule has 0 saturated carbocycles. The number of rotatable bonds is 4. The molecule has 0 saturated heterocycles. The molecule has 1 N–H and O–H groups in total. The minimum Gasteiger partial charge on any atom is -0.465 e. The number of methoxy groups -OCH3 is 1. The van der Waals surface area contributed by atoms with Crippen molar-refractivity contribution in [3.05, 3.63) is 57.8 Å². The molecule has 3 rings (SSSR count). The van der Waals surface area contributed by atoms with Gasteiger partial charge in [-0.05, 0) is 27.1 Å². The van der Waals surface area contributed by atoms with Gasteiger partial charge in [0.25, 0.3) is 0 Å². The van der Waals surface area contributed by atoms with Crippen LogP contribution in [0.2, 0.25) is 0 Å². The Balaban J connectivity index is 1.58. The molecule has 0 spiro atoms. The smallest absolute Gasteiger partial charge is 0.412 e. The number of carbonyl (C=O) groups is 2. The van der Waals surface area contributed by atoms with E-state index in [1.165, 1.54) is 19.5 Å². The van der Waals surface area contributed by atoms with Gasteiger partial charge in [-0.2, -0.15) is 0 Å². The summed E-state index contributed by atoms with van der Waals surface area (Å²) >= 11 is 3.26. The van der Waals surface area contributed by atoms with Crippen LogP contribution in [0.4, 0.5) is 10.5 Å². The molecule has 1 aliphatic rings. The maximum atomic E-state index is 12.2. The number of anilines is 1. The van der Waals surface area contributed by atoms with Crippen LogP contribution in [0.25, 0.3) is 0 Å². The predicted octanol–water partition coefficient (Wildman–Crippen LogP) is 3.15. The summed E-state index contributed by atoms with van der Waals surface area (Å²) < 4.78 is 10.5. The van der Waals surface area contributed by atoms with Gasteiger partial charge < -0.3 is 14.8 Å². The standard InChI is InChI=1S/C17H16BrN3O4/c1-24-16(22)15-13(18)6-19-7-14(15)20-10-25-17(23)21-8-11-4-2-3-5-12(11)9-21/h2-7,20H,8-10H2,1H3. The van der Waals surface area contributed by atoms with Crippen LogP contribution >= 0.6 is 15.9 Å². The lowest BCUT2D eigenvalue weighted by molar-refractivity contribution is 0.0600. The monoisotopic (exact) mass is 405 g/mol. The molecule has 8 heteroatoms. The predicted molar refractivity (Wildman–Crippen MR) is 93.9 cm³/mol. The zero-order valence-corrected chi connectivity index (χ0v) is 15.1. The van der Waals surface area contributed by atoms with Gasteiger partial charge in [0.1, 0.15) is 5.56 Å². The number of hydrogen-bond donors (Lipinski definition) is 1. The molecule has 130 valence electrons. The second-order valence-electron chi connectivity index (χ2n) is 5.39. The first-order valence-electron chi connectivity index (χ1n) is 7.54. The number of hydrogen-bond acceptors (Lipinski definition) is 6. The molecule has 2 heterocycles. The Morgan fingerprint density at radius 1 is 1.24 bits per heavy atom. The molecule has 25 heavy (non-hydrogen) atoms. The minimum absolute atomic E-state index is 0.0895. The lowest BCUT2D eigenvalue weighted by atomic mass is 10.1. The summed E-state index contributed by atoms with van der Waals surface area (Å²) in [7, 11) is 1.30. The fraction of sp³-hybridized carbons (Fsp3) is 0.235. The van der Waals surface area contributed by atoms with Crippen LogP contribution in [-0.4, -0.2) is 35.8 Å². The van der Waals surface area contributed by atoms with Crippen molar-refractivity contribution >= 4 is 33.7 Å². The van der Waals surface area contributed by atoms with Crippen LogP contribution in [0.1, 0.15) is 21.5 Å². The molecule has 0 radical (unpaired) electrons. The van der Waals surface area contributed by atoms with Crippen LogP contribution < -0.4 is 5.32 Å². The molecular weight excluding hydrogens is 390 g/mol. The zero-order chi connectivity index (χ0) is 17.8. The quantitative estimate of drug-likeness (QED) is 0.621. The van der Waals surface area contributed by atoms with Gasteiger partial charge in [-0.25, -0.2) is 9.59 Å². The Bertz CT molecular complexity index is 787. The Hall–Kier alpha value is -2.61. The molecule has 0 atom stereocenters. The minimum atomic E-state index is -0.516.